The number of alkyl halides is 2. The van der Waals surface area contributed by atoms with Crippen molar-refractivity contribution in [3.63, 3.8) is 0 Å². The maximum absolute atomic E-state index is 11.3. The summed E-state index contributed by atoms with van der Waals surface area (Å²) in [5.74, 6) is -1.05. The van der Waals surface area contributed by atoms with Gasteiger partial charge in [0.05, 0.1) is 0 Å². The van der Waals surface area contributed by atoms with Gasteiger partial charge in [0.2, 0.25) is 0 Å². The van der Waals surface area contributed by atoms with Gasteiger partial charge in [-0.05, 0) is 0 Å². The van der Waals surface area contributed by atoms with Gasteiger partial charge in [-0.15, -0.1) is 0 Å². The van der Waals surface area contributed by atoms with Gasteiger partial charge in [-0.25, -0.2) is 0 Å². The van der Waals surface area contributed by atoms with Crippen molar-refractivity contribution in [2.24, 2.45) is 5.41 Å². The van der Waals surface area contributed by atoms with Gasteiger partial charge in [-0.2, -0.15) is 0 Å². The van der Waals surface area contributed by atoms with E-state index in [9.17, 15) is 9.59 Å². The summed E-state index contributed by atoms with van der Waals surface area (Å²) in [6.45, 7) is 5.25. The molecule has 0 spiro atoms. The molecule has 0 saturated heterocycles. The molecule has 0 aliphatic heterocycles. The van der Waals surface area contributed by atoms with Crippen LogP contribution in [0.1, 0.15) is 20.8 Å². The van der Waals surface area contributed by atoms with Crippen molar-refractivity contribution in [1.29, 1.82) is 0 Å². The third-order valence-corrected chi connectivity index (χ3v) is 2.88. The number of rotatable bonds is 3. The number of hydrogen-bond acceptors (Lipinski definition) is 3. The molecule has 0 aliphatic rings. The van der Waals surface area contributed by atoms with E-state index in [0.717, 1.165) is 0 Å². The summed E-state index contributed by atoms with van der Waals surface area (Å²) >= 11 is -1.63. The Balaban J connectivity index is 4.44. The van der Waals surface area contributed by atoms with E-state index in [-0.39, 0.29) is 0 Å². The molecule has 0 aromatic heterocycles. The average molecular weight is 331 g/mol. The zero-order valence-electron chi connectivity index (χ0n) is 9.63. The van der Waals surface area contributed by atoms with Crippen molar-refractivity contribution < 1.29 is 17.8 Å². The van der Waals surface area contributed by atoms with Gasteiger partial charge >= 0.3 is 97.5 Å². The van der Waals surface area contributed by atoms with E-state index in [4.69, 9.17) is 8.17 Å². The molecule has 2 N–H and O–H groups in total. The molecule has 0 aliphatic carbocycles. The first-order valence-electron chi connectivity index (χ1n) is 4.36. The number of amides is 1. The summed E-state index contributed by atoms with van der Waals surface area (Å²) in [6.07, 6.45) is -0.632. The van der Waals surface area contributed by atoms with E-state index in [2.05, 4.69) is 5.32 Å². The Kier molecular flexibility index (Phi) is 5.33. The minimum atomic E-state index is -1.63. The van der Waals surface area contributed by atoms with E-state index in [1.807, 2.05) is 9.86 Å². The van der Waals surface area contributed by atoms with Crippen LogP contribution < -0.4 is 5.32 Å². The summed E-state index contributed by atoms with van der Waals surface area (Å²) in [6, 6.07) is -0.930. The van der Waals surface area contributed by atoms with Crippen LogP contribution in [0.3, 0.4) is 0 Å². The molecule has 0 aromatic rings. The van der Waals surface area contributed by atoms with Crippen LogP contribution in [0.25, 0.3) is 0 Å². The van der Waals surface area contributed by atoms with Crippen molar-refractivity contribution in [3.05, 3.63) is 0 Å². The molecular weight excluding hydrogens is 313 g/mol. The number of carboxylic acids is 1. The molecule has 0 heterocycles. The number of hydrogen-bond donors (Lipinski definition) is 2. The molecule has 0 rings (SSSR count). The Hall–Kier alpha value is -0.530. The van der Waals surface area contributed by atoms with Crippen molar-refractivity contribution in [1.82, 2.24) is 5.32 Å². The van der Waals surface area contributed by atoms with Gasteiger partial charge in [0.15, 0.2) is 0 Å². The number of carbonyl (C=O) groups excluding carboxylic acids is 1. The van der Waals surface area contributed by atoms with Crippen LogP contribution in [-0.4, -0.2) is 33.1 Å². The van der Waals surface area contributed by atoms with Crippen molar-refractivity contribution in [3.8, 4) is 0 Å². The maximum atomic E-state index is 11.3. The first kappa shape index (κ1) is 14.5. The Morgan fingerprint density at radius 2 is 1.80 bits per heavy atom. The van der Waals surface area contributed by atoms with Crippen molar-refractivity contribution in [2.45, 2.75) is 26.8 Å². The monoisotopic (exact) mass is 331 g/mol. The standard InChI is InChI=1S/C9H18INO4/c1-9(2,3)6(7(12)13)11-8(14)15-10(4)5/h6H,1-5H3,(H,11,14)(H,12,13)/t6-/m1/s1. The third-order valence-electron chi connectivity index (χ3n) is 1.60. The Bertz CT molecular complexity index is 247. The first-order valence-corrected chi connectivity index (χ1v) is 9.56. The zero-order chi connectivity index (χ0) is 12.2. The van der Waals surface area contributed by atoms with E-state index in [1.54, 1.807) is 20.8 Å². The molecule has 1 amide bonds. The summed E-state index contributed by atoms with van der Waals surface area (Å²) < 4.78 is 4.97. The molecule has 0 bridgehead atoms. The molecule has 6 heteroatoms. The van der Waals surface area contributed by atoms with E-state index in [1.165, 1.54) is 0 Å². The van der Waals surface area contributed by atoms with Crippen LogP contribution in [0, 0.1) is 5.41 Å². The minimum absolute atomic E-state index is 0.536. The molecular formula is C9H18INO4. The summed E-state index contributed by atoms with van der Waals surface area (Å²) in [5, 5.41) is 11.3. The predicted octanol–water partition coefficient (Wildman–Crippen LogP) is 1.89. The molecule has 0 saturated carbocycles. The summed E-state index contributed by atoms with van der Waals surface area (Å²) in [5.41, 5.74) is -0.536. The number of halogens is 1. The molecule has 0 radical (unpaired) electrons. The van der Waals surface area contributed by atoms with Crippen LogP contribution >= 0.6 is 20.2 Å². The Labute approximate surface area is 97.5 Å². The van der Waals surface area contributed by atoms with E-state index in [0.29, 0.717) is 0 Å². The fourth-order valence-corrected chi connectivity index (χ4v) is 1.86. The fourth-order valence-electron chi connectivity index (χ4n) is 0.929. The Morgan fingerprint density at radius 1 is 1.33 bits per heavy atom. The number of aliphatic carboxylic acids is 1. The van der Waals surface area contributed by atoms with Gasteiger partial charge in [0.1, 0.15) is 0 Å². The van der Waals surface area contributed by atoms with Crippen LogP contribution in [-0.2, 0) is 7.86 Å². The first-order chi connectivity index (χ1) is 6.64. The number of nitrogens with one attached hydrogen (secondary N) is 1. The van der Waals surface area contributed by atoms with Gasteiger partial charge < -0.3 is 0 Å². The van der Waals surface area contributed by atoms with Crippen molar-refractivity contribution >= 4 is 32.3 Å². The summed E-state index contributed by atoms with van der Waals surface area (Å²) in [7, 11) is 0. The quantitative estimate of drug-likeness (QED) is 0.612. The van der Waals surface area contributed by atoms with E-state index < -0.39 is 43.8 Å². The second-order valence-electron chi connectivity index (χ2n) is 4.33. The third kappa shape index (κ3) is 5.81. The SMILES string of the molecule is CI(C)OC(=O)N[C@H](C(=O)O)C(C)(C)C. The zero-order valence-corrected chi connectivity index (χ0v) is 11.8. The van der Waals surface area contributed by atoms with Gasteiger partial charge in [-0.1, -0.05) is 0 Å². The molecule has 0 unspecified atom stereocenters. The van der Waals surface area contributed by atoms with E-state index >= 15 is 0 Å². The number of carboxylic acid groups (broad SMARTS) is 1. The van der Waals surface area contributed by atoms with Crippen LogP contribution in [0.2, 0.25) is 0 Å². The second-order valence-corrected chi connectivity index (χ2v) is 8.69. The second kappa shape index (κ2) is 5.53. The van der Waals surface area contributed by atoms with Crippen molar-refractivity contribution in [2.75, 3.05) is 9.86 Å². The molecule has 90 valence electrons. The predicted molar refractivity (Wildman–Crippen MR) is 66.4 cm³/mol. The van der Waals surface area contributed by atoms with Crippen LogP contribution in [0.5, 0.6) is 0 Å². The topological polar surface area (TPSA) is 75.6 Å². The molecule has 1 atom stereocenters. The number of carbonyl (C=O) groups is 2. The molecule has 0 aromatic carbocycles. The average Bonchev–Trinajstić information content (AvgIpc) is 1.95. The molecule has 5 nitrogen and oxygen atoms in total. The Morgan fingerprint density at radius 3 is 2.07 bits per heavy atom. The molecule has 0 fully saturated rings. The fraction of sp³-hybridized carbons (Fsp3) is 0.778. The molecule has 15 heavy (non-hydrogen) atoms. The van der Waals surface area contributed by atoms with Crippen LogP contribution in [0.15, 0.2) is 0 Å². The summed E-state index contributed by atoms with van der Waals surface area (Å²) in [4.78, 5) is 25.9. The van der Waals surface area contributed by atoms with Crippen LogP contribution in [0.4, 0.5) is 4.79 Å². The van der Waals surface area contributed by atoms with Gasteiger partial charge in [-0.3, -0.25) is 0 Å². The van der Waals surface area contributed by atoms with Gasteiger partial charge in [0.25, 0.3) is 0 Å². The normalized spacial score (nSPS) is 14.1. The van der Waals surface area contributed by atoms with Gasteiger partial charge in [0, 0.05) is 0 Å².